The van der Waals surface area contributed by atoms with E-state index in [1.165, 1.54) is 23.1 Å². The zero-order chi connectivity index (χ0) is 20.9. The molecule has 2 amide bonds. The first kappa shape index (κ1) is 21.6. The third kappa shape index (κ3) is 5.66. The number of alkyl halides is 2. The number of carbonyl (C=O) groups excluding carboxylic acids is 1. The number of benzene rings is 2. The summed E-state index contributed by atoms with van der Waals surface area (Å²) in [6.45, 7) is -1.14. The van der Waals surface area contributed by atoms with Crippen LogP contribution < -0.4 is 10.1 Å². The van der Waals surface area contributed by atoms with Crippen LogP contribution in [0.15, 0.2) is 53.4 Å². The molecule has 0 saturated heterocycles. The van der Waals surface area contributed by atoms with Gasteiger partial charge in [0.15, 0.2) is 9.84 Å². The Labute approximate surface area is 163 Å². The van der Waals surface area contributed by atoms with Crippen LogP contribution in [0.4, 0.5) is 13.6 Å². The number of amides is 2. The van der Waals surface area contributed by atoms with E-state index in [0.29, 0.717) is 5.56 Å². The van der Waals surface area contributed by atoms with Crippen LogP contribution in [0.1, 0.15) is 24.1 Å². The molecule has 9 heteroatoms. The van der Waals surface area contributed by atoms with Crippen LogP contribution in [-0.2, 0) is 16.4 Å². The fourth-order valence-corrected chi connectivity index (χ4v) is 3.18. The number of ether oxygens (including phenoxy) is 1. The Kier molecular flexibility index (Phi) is 6.95. The number of carbonyl (C=O) groups is 1. The van der Waals surface area contributed by atoms with Gasteiger partial charge in [-0.25, -0.2) is 13.2 Å². The van der Waals surface area contributed by atoms with Crippen LogP contribution in [-0.4, -0.2) is 39.3 Å². The molecule has 152 valence electrons. The van der Waals surface area contributed by atoms with Gasteiger partial charge in [-0.1, -0.05) is 30.3 Å². The second-order valence-corrected chi connectivity index (χ2v) is 8.29. The molecule has 0 aliphatic carbocycles. The summed E-state index contributed by atoms with van der Waals surface area (Å²) in [6, 6.07) is 11.8. The first-order chi connectivity index (χ1) is 13.1. The van der Waals surface area contributed by atoms with E-state index in [4.69, 9.17) is 0 Å². The lowest BCUT2D eigenvalue weighted by atomic mass is 10.1. The molecule has 1 N–H and O–H groups in total. The van der Waals surface area contributed by atoms with Gasteiger partial charge in [0.05, 0.1) is 10.9 Å². The van der Waals surface area contributed by atoms with E-state index < -0.39 is 22.5 Å². The molecular weight excluding hydrogens is 390 g/mol. The molecule has 0 aromatic heterocycles. The van der Waals surface area contributed by atoms with Gasteiger partial charge in [0.1, 0.15) is 5.75 Å². The number of para-hydroxylation sites is 1. The van der Waals surface area contributed by atoms with Gasteiger partial charge in [-0.05, 0) is 30.7 Å². The number of urea groups is 1. The first-order valence-corrected chi connectivity index (χ1v) is 10.3. The lowest BCUT2D eigenvalue weighted by Gasteiger charge is -2.26. The molecule has 0 bridgehead atoms. The predicted molar refractivity (Wildman–Crippen MR) is 101 cm³/mol. The molecule has 1 atom stereocenters. The third-order valence-electron chi connectivity index (χ3n) is 4.31. The van der Waals surface area contributed by atoms with Gasteiger partial charge in [0.25, 0.3) is 0 Å². The van der Waals surface area contributed by atoms with Crippen molar-refractivity contribution in [1.29, 1.82) is 0 Å². The average molecular weight is 412 g/mol. The van der Waals surface area contributed by atoms with E-state index in [0.717, 1.165) is 11.8 Å². The van der Waals surface area contributed by atoms with Crippen molar-refractivity contribution in [3.63, 3.8) is 0 Å². The molecule has 28 heavy (non-hydrogen) atoms. The summed E-state index contributed by atoms with van der Waals surface area (Å²) in [6.07, 6.45) is 1.13. The summed E-state index contributed by atoms with van der Waals surface area (Å²) in [7, 11) is -1.70. The van der Waals surface area contributed by atoms with Crippen molar-refractivity contribution in [3.05, 3.63) is 59.7 Å². The highest BCUT2D eigenvalue weighted by atomic mass is 32.2. The second-order valence-electron chi connectivity index (χ2n) is 6.27. The van der Waals surface area contributed by atoms with Crippen LogP contribution in [0.5, 0.6) is 5.75 Å². The summed E-state index contributed by atoms with van der Waals surface area (Å²) in [5.41, 5.74) is 1.18. The van der Waals surface area contributed by atoms with Crippen molar-refractivity contribution in [2.24, 2.45) is 0 Å². The molecular formula is C19H22F2N2O4S. The van der Waals surface area contributed by atoms with E-state index in [1.807, 2.05) is 0 Å². The van der Waals surface area contributed by atoms with Crippen LogP contribution in [0.2, 0.25) is 0 Å². The van der Waals surface area contributed by atoms with Gasteiger partial charge in [0.2, 0.25) is 0 Å². The monoisotopic (exact) mass is 412 g/mol. The number of hydrogen-bond donors (Lipinski definition) is 1. The standard InChI is InChI=1S/C19H22F2N2O4S/c1-13(14-8-10-16(11-9-14)28(3,25)26)23(2)19(24)22-12-15-6-4-5-7-17(15)27-18(20)21/h4-11,13,18H,12H2,1-3H3,(H,22,24). The van der Waals surface area contributed by atoms with E-state index in [9.17, 15) is 22.0 Å². The van der Waals surface area contributed by atoms with Crippen molar-refractivity contribution in [2.45, 2.75) is 31.0 Å². The molecule has 0 aliphatic heterocycles. The van der Waals surface area contributed by atoms with E-state index in [1.54, 1.807) is 44.3 Å². The highest BCUT2D eigenvalue weighted by molar-refractivity contribution is 7.90. The molecule has 2 rings (SSSR count). The molecule has 0 heterocycles. The van der Waals surface area contributed by atoms with Crippen molar-refractivity contribution in [3.8, 4) is 5.75 Å². The Morgan fingerprint density at radius 1 is 1.14 bits per heavy atom. The fourth-order valence-electron chi connectivity index (χ4n) is 2.55. The maximum Gasteiger partial charge on any atom is 0.387 e. The van der Waals surface area contributed by atoms with Crippen LogP contribution >= 0.6 is 0 Å². The highest BCUT2D eigenvalue weighted by Crippen LogP contribution is 2.22. The molecule has 0 spiro atoms. The number of halogens is 2. The van der Waals surface area contributed by atoms with E-state index >= 15 is 0 Å². The van der Waals surface area contributed by atoms with Crippen LogP contribution in [0.3, 0.4) is 0 Å². The maximum absolute atomic E-state index is 12.5. The first-order valence-electron chi connectivity index (χ1n) is 8.43. The minimum absolute atomic E-state index is 0.00450. The Balaban J connectivity index is 2.03. The summed E-state index contributed by atoms with van der Waals surface area (Å²) >= 11 is 0. The molecule has 1 unspecified atom stereocenters. The minimum atomic E-state index is -3.29. The summed E-state index contributed by atoms with van der Waals surface area (Å²) < 4.78 is 52.5. The summed E-state index contributed by atoms with van der Waals surface area (Å²) in [4.78, 5) is 14.1. The topological polar surface area (TPSA) is 75.7 Å². The van der Waals surface area contributed by atoms with E-state index in [-0.39, 0.29) is 23.2 Å². The lowest BCUT2D eigenvalue weighted by molar-refractivity contribution is -0.0504. The van der Waals surface area contributed by atoms with Crippen LogP contribution in [0, 0.1) is 0 Å². The van der Waals surface area contributed by atoms with Gasteiger partial charge in [-0.2, -0.15) is 8.78 Å². The number of rotatable bonds is 7. The number of hydrogen-bond acceptors (Lipinski definition) is 4. The van der Waals surface area contributed by atoms with E-state index in [2.05, 4.69) is 10.1 Å². The number of nitrogens with one attached hydrogen (secondary N) is 1. The van der Waals surface area contributed by atoms with Crippen molar-refractivity contribution < 1.29 is 26.7 Å². The Bertz CT molecular complexity index is 918. The third-order valence-corrected chi connectivity index (χ3v) is 5.44. The Morgan fingerprint density at radius 2 is 1.75 bits per heavy atom. The van der Waals surface area contributed by atoms with Crippen molar-refractivity contribution in [2.75, 3.05) is 13.3 Å². The Hall–Kier alpha value is -2.68. The Morgan fingerprint density at radius 3 is 2.32 bits per heavy atom. The lowest BCUT2D eigenvalue weighted by Crippen LogP contribution is -2.38. The average Bonchev–Trinajstić information content (AvgIpc) is 2.65. The maximum atomic E-state index is 12.5. The normalized spacial score (nSPS) is 12.5. The van der Waals surface area contributed by atoms with Crippen molar-refractivity contribution in [1.82, 2.24) is 10.2 Å². The zero-order valence-electron chi connectivity index (χ0n) is 15.7. The number of nitrogens with zero attached hydrogens (tertiary/aromatic N) is 1. The van der Waals surface area contributed by atoms with Crippen molar-refractivity contribution >= 4 is 15.9 Å². The van der Waals surface area contributed by atoms with Crippen LogP contribution in [0.25, 0.3) is 0 Å². The second kappa shape index (κ2) is 9.01. The molecule has 0 saturated carbocycles. The van der Waals surface area contributed by atoms with Gasteiger partial charge in [-0.15, -0.1) is 0 Å². The van der Waals surface area contributed by atoms with Gasteiger partial charge < -0.3 is 15.0 Å². The molecule has 2 aromatic carbocycles. The largest absolute Gasteiger partial charge is 0.434 e. The SMILES string of the molecule is CC(c1ccc(S(C)(=O)=O)cc1)N(C)C(=O)NCc1ccccc1OC(F)F. The molecule has 2 aromatic rings. The van der Waals surface area contributed by atoms with Gasteiger partial charge in [0, 0.05) is 25.4 Å². The smallest absolute Gasteiger partial charge is 0.387 e. The fraction of sp³-hybridized carbons (Fsp3) is 0.316. The zero-order valence-corrected chi connectivity index (χ0v) is 16.5. The molecule has 0 fully saturated rings. The number of sulfone groups is 1. The van der Waals surface area contributed by atoms with Gasteiger partial charge >= 0.3 is 12.6 Å². The molecule has 0 aliphatic rings. The molecule has 0 radical (unpaired) electrons. The summed E-state index contributed by atoms with van der Waals surface area (Å²) in [5, 5.41) is 2.66. The minimum Gasteiger partial charge on any atom is -0.434 e. The molecule has 6 nitrogen and oxygen atoms in total. The predicted octanol–water partition coefficient (Wildman–Crippen LogP) is 3.59. The summed E-state index contributed by atoms with van der Waals surface area (Å²) in [5.74, 6) is 0.00450. The quantitative estimate of drug-likeness (QED) is 0.754. The highest BCUT2D eigenvalue weighted by Gasteiger charge is 2.18. The van der Waals surface area contributed by atoms with Gasteiger partial charge in [-0.3, -0.25) is 0 Å².